The molecule has 1 unspecified atom stereocenters. The summed E-state index contributed by atoms with van der Waals surface area (Å²) < 4.78 is 21.1. The molecule has 1 aliphatic rings. The van der Waals surface area contributed by atoms with Crippen molar-refractivity contribution in [2.75, 3.05) is 13.9 Å². The first-order chi connectivity index (χ1) is 8.89. The number of ether oxygens (including phenoxy) is 4. The first-order valence-corrected chi connectivity index (χ1v) is 6.25. The topological polar surface area (TPSA) is 54.0 Å². The van der Waals surface area contributed by atoms with Crippen molar-refractivity contribution in [1.82, 2.24) is 0 Å². The molecule has 0 aromatic heterocycles. The SMILES string of the molecule is C/C=C\C(CC1=C(C)OC(C)(C)OC1=O)OCOC. The van der Waals surface area contributed by atoms with Crippen molar-refractivity contribution in [1.29, 1.82) is 0 Å². The van der Waals surface area contributed by atoms with Gasteiger partial charge in [-0.15, -0.1) is 0 Å². The fourth-order valence-electron chi connectivity index (χ4n) is 1.86. The van der Waals surface area contributed by atoms with Crippen molar-refractivity contribution in [2.24, 2.45) is 0 Å². The summed E-state index contributed by atoms with van der Waals surface area (Å²) in [6.07, 6.45) is 3.89. The molecule has 1 atom stereocenters. The second kappa shape index (κ2) is 6.73. The van der Waals surface area contributed by atoms with Gasteiger partial charge in [0.05, 0.1) is 11.7 Å². The van der Waals surface area contributed by atoms with E-state index in [0.717, 1.165) is 0 Å². The number of hydrogen-bond donors (Lipinski definition) is 0. The molecule has 0 spiro atoms. The van der Waals surface area contributed by atoms with Crippen LogP contribution < -0.4 is 0 Å². The van der Waals surface area contributed by atoms with Crippen LogP contribution in [-0.4, -0.2) is 31.8 Å². The van der Waals surface area contributed by atoms with Crippen molar-refractivity contribution in [2.45, 2.75) is 46.0 Å². The van der Waals surface area contributed by atoms with Gasteiger partial charge in [-0.05, 0) is 13.8 Å². The third kappa shape index (κ3) is 4.69. The largest absolute Gasteiger partial charge is 0.457 e. The van der Waals surface area contributed by atoms with E-state index in [9.17, 15) is 4.79 Å². The van der Waals surface area contributed by atoms with E-state index in [-0.39, 0.29) is 18.9 Å². The van der Waals surface area contributed by atoms with Crippen LogP contribution in [0.15, 0.2) is 23.5 Å². The fraction of sp³-hybridized carbons (Fsp3) is 0.643. The van der Waals surface area contributed by atoms with Gasteiger partial charge in [-0.2, -0.15) is 0 Å². The highest BCUT2D eigenvalue weighted by atomic mass is 16.7. The average molecular weight is 270 g/mol. The summed E-state index contributed by atoms with van der Waals surface area (Å²) in [5.41, 5.74) is 0.499. The van der Waals surface area contributed by atoms with Gasteiger partial charge in [0, 0.05) is 27.4 Å². The Kier molecular flexibility index (Phi) is 5.57. The minimum absolute atomic E-state index is 0.169. The molecule has 0 N–H and O–H groups in total. The van der Waals surface area contributed by atoms with Crippen LogP contribution >= 0.6 is 0 Å². The number of hydrogen-bond acceptors (Lipinski definition) is 5. The number of rotatable bonds is 6. The van der Waals surface area contributed by atoms with Crippen molar-refractivity contribution < 1.29 is 23.7 Å². The minimum atomic E-state index is -0.909. The van der Waals surface area contributed by atoms with Crippen LogP contribution in [-0.2, 0) is 23.7 Å². The Bertz CT molecular complexity index is 381. The number of esters is 1. The Morgan fingerprint density at radius 1 is 1.37 bits per heavy atom. The molecule has 0 aromatic rings. The van der Waals surface area contributed by atoms with E-state index in [4.69, 9.17) is 18.9 Å². The Morgan fingerprint density at radius 3 is 2.58 bits per heavy atom. The highest BCUT2D eigenvalue weighted by Gasteiger charge is 2.34. The summed E-state index contributed by atoms with van der Waals surface area (Å²) in [7, 11) is 1.55. The summed E-state index contributed by atoms with van der Waals surface area (Å²) >= 11 is 0. The number of allylic oxidation sites excluding steroid dienone is 2. The van der Waals surface area contributed by atoms with Crippen LogP contribution in [0.3, 0.4) is 0 Å². The molecule has 0 fully saturated rings. The van der Waals surface area contributed by atoms with Gasteiger partial charge < -0.3 is 18.9 Å². The Morgan fingerprint density at radius 2 is 2.05 bits per heavy atom. The quantitative estimate of drug-likeness (QED) is 0.422. The molecule has 0 saturated carbocycles. The first kappa shape index (κ1) is 15.7. The van der Waals surface area contributed by atoms with Crippen molar-refractivity contribution in [3.05, 3.63) is 23.5 Å². The van der Waals surface area contributed by atoms with E-state index in [1.54, 1.807) is 27.9 Å². The van der Waals surface area contributed by atoms with Crippen LogP contribution in [0.1, 0.15) is 34.1 Å². The predicted molar refractivity (Wildman–Crippen MR) is 70.1 cm³/mol. The molecule has 0 saturated heterocycles. The number of carbonyl (C=O) groups is 1. The van der Waals surface area contributed by atoms with Crippen molar-refractivity contribution in [3.8, 4) is 0 Å². The highest BCUT2D eigenvalue weighted by Crippen LogP contribution is 2.29. The summed E-state index contributed by atoms with van der Waals surface area (Å²) in [5.74, 6) is -0.685. The molecule has 1 heterocycles. The zero-order valence-corrected chi connectivity index (χ0v) is 12.2. The van der Waals surface area contributed by atoms with E-state index in [2.05, 4.69) is 0 Å². The van der Waals surface area contributed by atoms with Gasteiger partial charge in [-0.1, -0.05) is 12.2 Å². The zero-order chi connectivity index (χ0) is 14.5. The van der Waals surface area contributed by atoms with Gasteiger partial charge in [0.1, 0.15) is 12.6 Å². The Hall–Kier alpha value is -1.33. The molecule has 1 rings (SSSR count). The van der Waals surface area contributed by atoms with Gasteiger partial charge >= 0.3 is 5.97 Å². The second-order valence-electron chi connectivity index (χ2n) is 4.77. The van der Waals surface area contributed by atoms with Crippen molar-refractivity contribution in [3.63, 3.8) is 0 Å². The first-order valence-electron chi connectivity index (χ1n) is 6.25. The number of methoxy groups -OCH3 is 1. The van der Waals surface area contributed by atoms with E-state index in [1.807, 2.05) is 19.1 Å². The molecule has 19 heavy (non-hydrogen) atoms. The lowest BCUT2D eigenvalue weighted by Gasteiger charge is -2.33. The van der Waals surface area contributed by atoms with Crippen LogP contribution in [0.4, 0.5) is 0 Å². The third-order valence-corrected chi connectivity index (χ3v) is 2.62. The van der Waals surface area contributed by atoms with Gasteiger partial charge in [0.25, 0.3) is 0 Å². The van der Waals surface area contributed by atoms with Crippen LogP contribution in [0, 0.1) is 0 Å². The number of cyclic esters (lactones) is 1. The smallest absolute Gasteiger partial charge is 0.340 e. The Balaban J connectivity index is 2.80. The average Bonchev–Trinajstić information content (AvgIpc) is 2.29. The van der Waals surface area contributed by atoms with Gasteiger partial charge in [-0.25, -0.2) is 4.79 Å². The molecule has 0 radical (unpaired) electrons. The third-order valence-electron chi connectivity index (χ3n) is 2.62. The van der Waals surface area contributed by atoms with E-state index < -0.39 is 5.79 Å². The summed E-state index contributed by atoms with van der Waals surface area (Å²) in [6, 6.07) is 0. The maximum absolute atomic E-state index is 12.0. The van der Waals surface area contributed by atoms with E-state index in [1.165, 1.54) is 0 Å². The molecule has 5 nitrogen and oxygen atoms in total. The molecule has 108 valence electrons. The standard InChI is InChI=1S/C14H22O5/c1-6-7-11(17-9-16-5)8-12-10(2)18-14(3,4)19-13(12)15/h6-7,11H,8-9H2,1-5H3/b7-6-. The minimum Gasteiger partial charge on any atom is -0.457 e. The van der Waals surface area contributed by atoms with Gasteiger partial charge in [0.2, 0.25) is 5.79 Å². The highest BCUT2D eigenvalue weighted by molar-refractivity contribution is 5.89. The molecular weight excluding hydrogens is 248 g/mol. The molecule has 1 aliphatic heterocycles. The monoisotopic (exact) mass is 270 g/mol. The lowest BCUT2D eigenvalue weighted by Crippen LogP contribution is -2.37. The summed E-state index contributed by atoms with van der Waals surface area (Å²) in [5, 5.41) is 0. The molecule has 0 amide bonds. The predicted octanol–water partition coefficient (Wildman–Crippen LogP) is 2.53. The van der Waals surface area contributed by atoms with Gasteiger partial charge in [-0.3, -0.25) is 0 Å². The zero-order valence-electron chi connectivity index (χ0n) is 12.2. The second-order valence-corrected chi connectivity index (χ2v) is 4.77. The maximum Gasteiger partial charge on any atom is 0.340 e. The van der Waals surface area contributed by atoms with E-state index >= 15 is 0 Å². The van der Waals surface area contributed by atoms with Crippen LogP contribution in [0.2, 0.25) is 0 Å². The van der Waals surface area contributed by atoms with E-state index in [0.29, 0.717) is 17.8 Å². The molecule has 0 bridgehead atoms. The molecule has 0 aromatic carbocycles. The maximum atomic E-state index is 12.0. The lowest BCUT2D eigenvalue weighted by atomic mass is 10.1. The normalized spacial score (nSPS) is 20.4. The Labute approximate surface area is 114 Å². The summed E-state index contributed by atoms with van der Waals surface area (Å²) in [6.45, 7) is 7.23. The fourth-order valence-corrected chi connectivity index (χ4v) is 1.86. The summed E-state index contributed by atoms with van der Waals surface area (Å²) in [4.78, 5) is 12.0. The van der Waals surface area contributed by atoms with Crippen LogP contribution in [0.5, 0.6) is 0 Å². The molecule has 5 heteroatoms. The lowest BCUT2D eigenvalue weighted by molar-refractivity contribution is -0.208. The van der Waals surface area contributed by atoms with Crippen LogP contribution in [0.25, 0.3) is 0 Å². The molecule has 0 aliphatic carbocycles. The van der Waals surface area contributed by atoms with Gasteiger partial charge in [0.15, 0.2) is 0 Å². The number of carbonyl (C=O) groups excluding carboxylic acids is 1. The van der Waals surface area contributed by atoms with Crippen molar-refractivity contribution >= 4 is 5.97 Å². The molecular formula is C14H22O5.